The Bertz CT molecular complexity index is 402. The van der Waals surface area contributed by atoms with Crippen molar-refractivity contribution in [3.63, 3.8) is 0 Å². The van der Waals surface area contributed by atoms with E-state index < -0.39 is 0 Å². The van der Waals surface area contributed by atoms with E-state index in [1.807, 2.05) is 50.3 Å². The van der Waals surface area contributed by atoms with Crippen LogP contribution in [0.4, 0.5) is 0 Å². The van der Waals surface area contributed by atoms with Crippen LogP contribution in [0.1, 0.15) is 25.8 Å². The first-order chi connectivity index (χ1) is 7.07. The zero-order valence-corrected chi connectivity index (χ0v) is 8.99. The number of carbonyl (C=O) groups excluding carboxylic acids is 1. The number of rotatable bonds is 1. The highest BCUT2D eigenvalue weighted by Crippen LogP contribution is 2.30. The van der Waals surface area contributed by atoms with E-state index in [2.05, 4.69) is 0 Å². The van der Waals surface area contributed by atoms with E-state index in [1.165, 1.54) is 0 Å². The van der Waals surface area contributed by atoms with Gasteiger partial charge in [-0.2, -0.15) is 0 Å². The van der Waals surface area contributed by atoms with Crippen LogP contribution in [0.25, 0.3) is 6.08 Å². The smallest absolute Gasteiger partial charge is 0.334 e. The molecule has 1 aliphatic rings. The van der Waals surface area contributed by atoms with Crippen LogP contribution in [0.5, 0.6) is 0 Å². The molecule has 0 saturated carbocycles. The number of ether oxygens (including phenoxy) is 1. The number of esters is 1. The maximum Gasteiger partial charge on any atom is 0.334 e. The van der Waals surface area contributed by atoms with Crippen molar-refractivity contribution < 1.29 is 9.53 Å². The maximum absolute atomic E-state index is 11.5. The van der Waals surface area contributed by atoms with Gasteiger partial charge in [-0.1, -0.05) is 30.3 Å². The van der Waals surface area contributed by atoms with Crippen LogP contribution in [0, 0.1) is 0 Å². The highest BCUT2D eigenvalue weighted by atomic mass is 16.6. The SMILES string of the molecule is CC1(C)C/C(=C/c2ccccc2)C(=O)O1. The van der Waals surface area contributed by atoms with Crippen molar-refractivity contribution in [2.24, 2.45) is 0 Å². The van der Waals surface area contributed by atoms with Gasteiger partial charge in [0.05, 0.1) is 0 Å². The van der Waals surface area contributed by atoms with Gasteiger partial charge in [-0.05, 0) is 25.5 Å². The first-order valence-electron chi connectivity index (χ1n) is 5.06. The van der Waals surface area contributed by atoms with Crippen LogP contribution < -0.4 is 0 Å². The molecular formula is C13H14O2. The third-order valence-corrected chi connectivity index (χ3v) is 2.39. The minimum atomic E-state index is -0.350. The lowest BCUT2D eigenvalue weighted by Gasteiger charge is -2.13. The lowest BCUT2D eigenvalue weighted by molar-refractivity contribution is -0.143. The normalized spacial score (nSPS) is 21.7. The van der Waals surface area contributed by atoms with Gasteiger partial charge < -0.3 is 4.74 Å². The lowest BCUT2D eigenvalue weighted by Crippen LogP contribution is -2.17. The first kappa shape index (κ1) is 9.97. The first-order valence-corrected chi connectivity index (χ1v) is 5.06. The highest BCUT2D eigenvalue weighted by molar-refractivity contribution is 5.96. The van der Waals surface area contributed by atoms with Gasteiger partial charge in [-0.25, -0.2) is 4.79 Å². The van der Waals surface area contributed by atoms with Crippen molar-refractivity contribution in [2.75, 3.05) is 0 Å². The summed E-state index contributed by atoms with van der Waals surface area (Å²) < 4.78 is 5.23. The zero-order chi connectivity index (χ0) is 10.9. The van der Waals surface area contributed by atoms with E-state index in [0.29, 0.717) is 6.42 Å². The summed E-state index contributed by atoms with van der Waals surface area (Å²) in [7, 11) is 0. The van der Waals surface area contributed by atoms with E-state index >= 15 is 0 Å². The molecule has 1 aliphatic heterocycles. The van der Waals surface area contributed by atoms with Crippen LogP contribution in [0.2, 0.25) is 0 Å². The summed E-state index contributed by atoms with van der Waals surface area (Å²) in [5.74, 6) is -0.191. The van der Waals surface area contributed by atoms with Crippen LogP contribution in [-0.2, 0) is 9.53 Å². The Kier molecular flexibility index (Phi) is 2.35. The van der Waals surface area contributed by atoms with Crippen LogP contribution in [0.3, 0.4) is 0 Å². The van der Waals surface area contributed by atoms with Crippen LogP contribution in [0.15, 0.2) is 35.9 Å². The molecule has 1 aromatic rings. The third kappa shape index (κ3) is 2.27. The van der Waals surface area contributed by atoms with Crippen molar-refractivity contribution in [1.82, 2.24) is 0 Å². The molecule has 0 spiro atoms. The largest absolute Gasteiger partial charge is 0.456 e. The van der Waals surface area contributed by atoms with Gasteiger partial charge in [0.1, 0.15) is 5.60 Å². The molecule has 2 nitrogen and oxygen atoms in total. The summed E-state index contributed by atoms with van der Waals surface area (Å²) in [5.41, 5.74) is 1.45. The molecule has 15 heavy (non-hydrogen) atoms. The average molecular weight is 202 g/mol. The molecule has 1 heterocycles. The van der Waals surface area contributed by atoms with Crippen LogP contribution in [-0.4, -0.2) is 11.6 Å². The molecule has 1 saturated heterocycles. The molecule has 1 aromatic carbocycles. The second-order valence-electron chi connectivity index (χ2n) is 4.41. The van der Waals surface area contributed by atoms with Gasteiger partial charge in [-0.15, -0.1) is 0 Å². The van der Waals surface area contributed by atoms with E-state index in [4.69, 9.17) is 4.74 Å². The second kappa shape index (κ2) is 3.54. The summed E-state index contributed by atoms with van der Waals surface area (Å²) in [6.07, 6.45) is 2.58. The predicted octanol–water partition coefficient (Wildman–Crippen LogP) is 2.80. The fourth-order valence-electron chi connectivity index (χ4n) is 1.74. The quantitative estimate of drug-likeness (QED) is 0.517. The number of hydrogen-bond donors (Lipinski definition) is 0. The molecule has 0 N–H and O–H groups in total. The molecule has 0 radical (unpaired) electrons. The number of hydrogen-bond acceptors (Lipinski definition) is 2. The van der Waals surface area contributed by atoms with Gasteiger partial charge in [0.25, 0.3) is 0 Å². The molecule has 0 bridgehead atoms. The summed E-state index contributed by atoms with van der Waals surface area (Å²) in [6, 6.07) is 9.83. The second-order valence-corrected chi connectivity index (χ2v) is 4.41. The van der Waals surface area contributed by atoms with Crippen LogP contribution >= 0.6 is 0 Å². The summed E-state index contributed by atoms with van der Waals surface area (Å²) in [5, 5.41) is 0. The Balaban J connectivity index is 2.26. The number of benzene rings is 1. The van der Waals surface area contributed by atoms with Crippen molar-refractivity contribution in [2.45, 2.75) is 25.9 Å². The van der Waals surface area contributed by atoms with Gasteiger partial charge >= 0.3 is 5.97 Å². The van der Waals surface area contributed by atoms with E-state index in [0.717, 1.165) is 11.1 Å². The van der Waals surface area contributed by atoms with Gasteiger partial charge in [0.15, 0.2) is 0 Å². The summed E-state index contributed by atoms with van der Waals surface area (Å²) in [4.78, 5) is 11.5. The summed E-state index contributed by atoms with van der Waals surface area (Å²) in [6.45, 7) is 3.85. The molecule has 0 atom stereocenters. The van der Waals surface area contributed by atoms with Gasteiger partial charge in [0, 0.05) is 12.0 Å². The fourth-order valence-corrected chi connectivity index (χ4v) is 1.74. The Morgan fingerprint density at radius 3 is 2.47 bits per heavy atom. The minimum Gasteiger partial charge on any atom is -0.456 e. The topological polar surface area (TPSA) is 26.3 Å². The minimum absolute atomic E-state index is 0.191. The Labute approximate surface area is 89.6 Å². The van der Waals surface area contributed by atoms with Crippen molar-refractivity contribution in [3.05, 3.63) is 41.5 Å². The lowest BCUT2D eigenvalue weighted by atomic mass is 10.0. The zero-order valence-electron chi connectivity index (χ0n) is 8.99. The van der Waals surface area contributed by atoms with Crippen molar-refractivity contribution in [3.8, 4) is 0 Å². The van der Waals surface area contributed by atoms with Crippen molar-refractivity contribution >= 4 is 12.0 Å². The highest BCUT2D eigenvalue weighted by Gasteiger charge is 2.35. The molecule has 2 heteroatoms. The molecule has 0 amide bonds. The molecule has 0 aliphatic carbocycles. The molecule has 0 unspecified atom stereocenters. The maximum atomic E-state index is 11.5. The standard InChI is InChI=1S/C13H14O2/c1-13(2)9-11(12(14)15-13)8-10-6-4-3-5-7-10/h3-8H,9H2,1-2H3/b11-8-. The molecule has 1 fully saturated rings. The summed E-state index contributed by atoms with van der Waals surface area (Å²) >= 11 is 0. The number of carbonyl (C=O) groups is 1. The average Bonchev–Trinajstić information content (AvgIpc) is 2.41. The van der Waals surface area contributed by atoms with Crippen molar-refractivity contribution in [1.29, 1.82) is 0 Å². The molecule has 2 rings (SSSR count). The predicted molar refractivity (Wildman–Crippen MR) is 59.2 cm³/mol. The number of cyclic esters (lactones) is 1. The molecule has 78 valence electrons. The Hall–Kier alpha value is -1.57. The van der Waals surface area contributed by atoms with Gasteiger partial charge in [0.2, 0.25) is 0 Å². The van der Waals surface area contributed by atoms with E-state index in [9.17, 15) is 4.79 Å². The van der Waals surface area contributed by atoms with E-state index in [1.54, 1.807) is 0 Å². The third-order valence-electron chi connectivity index (χ3n) is 2.39. The molecular weight excluding hydrogens is 188 g/mol. The van der Waals surface area contributed by atoms with E-state index in [-0.39, 0.29) is 11.6 Å². The van der Waals surface area contributed by atoms with Gasteiger partial charge in [-0.3, -0.25) is 0 Å². The fraction of sp³-hybridized carbons (Fsp3) is 0.308. The monoisotopic (exact) mass is 202 g/mol. The Morgan fingerprint density at radius 2 is 1.93 bits per heavy atom. The molecule has 0 aromatic heterocycles. The Morgan fingerprint density at radius 1 is 1.27 bits per heavy atom.